The minimum Gasteiger partial charge on any atom is -0.304 e. The van der Waals surface area contributed by atoms with E-state index in [9.17, 15) is 10.1 Å². The number of aldehydes is 1. The molecule has 1 aliphatic rings. The van der Waals surface area contributed by atoms with Crippen LogP contribution in [-0.4, -0.2) is 36.6 Å². The molecule has 2 rings (SSSR count). The third kappa shape index (κ3) is 37.0. The van der Waals surface area contributed by atoms with E-state index in [1.165, 1.54) is 111 Å². The van der Waals surface area contributed by atoms with Gasteiger partial charge in [0.2, 0.25) is 0 Å². The number of carbonyl (C=O) groups is 2. The van der Waals surface area contributed by atoms with Gasteiger partial charge in [-0.15, -0.1) is 13.2 Å². The first-order valence-corrected chi connectivity index (χ1v) is 25.7. The molecule has 2 unspecified atom stereocenters. The van der Waals surface area contributed by atoms with Crippen molar-refractivity contribution in [2.45, 2.75) is 222 Å². The molecule has 4 nitrogen and oxygen atoms in total. The Kier molecular flexibility index (Phi) is 57.3. The summed E-state index contributed by atoms with van der Waals surface area (Å²) in [5.41, 5.74) is 12.9. The van der Waals surface area contributed by atoms with Crippen molar-refractivity contribution in [3.05, 3.63) is 112 Å². The van der Waals surface area contributed by atoms with Crippen LogP contribution in [0.25, 0.3) is 5.57 Å². The van der Waals surface area contributed by atoms with Gasteiger partial charge in [-0.2, -0.15) is 5.26 Å². The molecule has 0 heterocycles. The van der Waals surface area contributed by atoms with Crippen molar-refractivity contribution in [3.63, 3.8) is 0 Å². The Morgan fingerprint density at radius 1 is 0.815 bits per heavy atom. The highest BCUT2D eigenvalue weighted by molar-refractivity contribution is 5.93. The second-order valence-corrected chi connectivity index (χ2v) is 16.1. The maximum Gasteiger partial charge on any atom is 0.155 e. The highest BCUT2D eigenvalue weighted by Crippen LogP contribution is 2.30. The van der Waals surface area contributed by atoms with E-state index >= 15 is 0 Å². The molecule has 65 heavy (non-hydrogen) atoms. The van der Waals surface area contributed by atoms with Crippen molar-refractivity contribution in [3.8, 4) is 6.07 Å². The van der Waals surface area contributed by atoms with Crippen LogP contribution in [0.1, 0.15) is 224 Å². The molecule has 1 aromatic rings. The van der Waals surface area contributed by atoms with Crippen LogP contribution in [0.3, 0.4) is 0 Å². The molecule has 0 amide bonds. The van der Waals surface area contributed by atoms with Crippen molar-refractivity contribution in [1.82, 2.24) is 4.90 Å². The average Bonchev–Trinajstić information content (AvgIpc) is 3.32. The summed E-state index contributed by atoms with van der Waals surface area (Å²) >= 11 is 0. The van der Waals surface area contributed by atoms with E-state index in [0.717, 1.165) is 65.2 Å². The molecule has 4 heteroatoms. The maximum atomic E-state index is 10.7. The van der Waals surface area contributed by atoms with E-state index in [4.69, 9.17) is 4.79 Å². The molecular formula is C61H108N2O2. The van der Waals surface area contributed by atoms with Crippen molar-refractivity contribution in [1.29, 1.82) is 5.26 Å². The van der Waals surface area contributed by atoms with Crippen molar-refractivity contribution >= 4 is 17.6 Å². The predicted molar refractivity (Wildman–Crippen MR) is 298 cm³/mol. The summed E-state index contributed by atoms with van der Waals surface area (Å²) in [6.45, 7) is 57.6. The number of hydrogen-bond acceptors (Lipinski definition) is 4. The quantitative estimate of drug-likeness (QED) is 0.0566. The molecule has 0 saturated heterocycles. The minimum atomic E-state index is 0.208. The lowest BCUT2D eigenvalue weighted by atomic mass is 9.89. The van der Waals surface area contributed by atoms with Crippen LogP contribution in [0.15, 0.2) is 89.6 Å². The lowest BCUT2D eigenvalue weighted by Crippen LogP contribution is -2.33. The van der Waals surface area contributed by atoms with Crippen molar-refractivity contribution < 1.29 is 9.59 Å². The second kappa shape index (κ2) is 51.2. The number of nitriles is 1. The summed E-state index contributed by atoms with van der Waals surface area (Å²) in [6.07, 6.45) is 23.5. The van der Waals surface area contributed by atoms with Crippen LogP contribution in [0.4, 0.5) is 0 Å². The first-order chi connectivity index (χ1) is 31.0. The molecule has 1 aliphatic carbocycles. The Balaban J connectivity index is -0.000000194. The topological polar surface area (TPSA) is 61.2 Å². The summed E-state index contributed by atoms with van der Waals surface area (Å²) in [5, 5.41) is 9.48. The molecule has 0 spiro atoms. The molecule has 0 radical (unpaired) electrons. The zero-order valence-corrected chi connectivity index (χ0v) is 47.1. The first kappa shape index (κ1) is 72.8. The van der Waals surface area contributed by atoms with Gasteiger partial charge in [0.05, 0.1) is 6.07 Å². The van der Waals surface area contributed by atoms with Gasteiger partial charge in [0.15, 0.2) is 5.78 Å². The molecule has 0 saturated carbocycles. The molecule has 0 aromatic heterocycles. The Hall–Kier alpha value is -3.81. The Bertz CT molecular complexity index is 1520. The monoisotopic (exact) mass is 901 g/mol. The van der Waals surface area contributed by atoms with Gasteiger partial charge in [0, 0.05) is 25.1 Å². The van der Waals surface area contributed by atoms with E-state index in [1.807, 2.05) is 67.5 Å². The summed E-state index contributed by atoms with van der Waals surface area (Å²) < 4.78 is 0. The van der Waals surface area contributed by atoms with Gasteiger partial charge < -0.3 is 9.69 Å². The zero-order chi connectivity index (χ0) is 51.9. The summed E-state index contributed by atoms with van der Waals surface area (Å²) in [6, 6.07) is 6.86. The standard InChI is InChI=1S/C25H33N.C18H39N.C8H10O.C2H4O.3C2H6.C2H4/c1-10-23(14-18(5)21(8)24(15-26)11-16(2)3)22(9)25-19(6)12-17(4)13-20(25)7;1-6-11-13-17(8-3)15-19(10-5)16-18(9-4)14-12-7-2;1-7(9)8-5-3-2-4-6-8;1-2-3;4*1-2/h12-14H,2,10-11H2,1,3-9H3;17-18H,6-16H2,1-5H3;2-3,5H,4,6H2,1H3;2H,1H3;3*1-2H3;1-2H2/b18-14+,23-22-,24-21+;;;;;;;. The molecule has 0 fully saturated rings. The third-order valence-electron chi connectivity index (χ3n) is 11.0. The lowest BCUT2D eigenvalue weighted by molar-refractivity contribution is -0.113. The maximum absolute atomic E-state index is 10.7. The van der Waals surface area contributed by atoms with E-state index in [1.54, 1.807) is 6.92 Å². The molecule has 2 atom stereocenters. The van der Waals surface area contributed by atoms with Gasteiger partial charge in [-0.1, -0.05) is 176 Å². The van der Waals surface area contributed by atoms with Gasteiger partial charge in [0.25, 0.3) is 0 Å². The number of carbonyl (C=O) groups excluding carboxylic acids is 2. The van der Waals surface area contributed by atoms with Gasteiger partial charge in [-0.05, 0) is 157 Å². The predicted octanol–water partition coefficient (Wildman–Crippen LogP) is 19.2. The van der Waals surface area contributed by atoms with Crippen LogP contribution >= 0.6 is 0 Å². The molecule has 1 aromatic carbocycles. The highest BCUT2D eigenvalue weighted by Gasteiger charge is 2.16. The number of nitrogens with zero attached hydrogens (tertiary/aromatic N) is 2. The van der Waals surface area contributed by atoms with Crippen molar-refractivity contribution in [2.75, 3.05) is 19.6 Å². The SMILES string of the molecule is C=C.C=C(C)C\C(C#N)=C(C)/C(C)=C/C(CC)=C(/C)c1c(C)cc(C)cc1C.CC.CC.CC.CC(=O)C1=CC=CCC1.CC=O.CCCCC(CC)CN(CC)CC(CC)CCCC. The fourth-order valence-electron chi connectivity index (χ4n) is 7.37. The van der Waals surface area contributed by atoms with Gasteiger partial charge in [-0.3, -0.25) is 4.79 Å². The first-order valence-electron chi connectivity index (χ1n) is 25.7. The van der Waals surface area contributed by atoms with Gasteiger partial charge >= 0.3 is 0 Å². The lowest BCUT2D eigenvalue weighted by Gasteiger charge is -2.29. The van der Waals surface area contributed by atoms with Crippen LogP contribution < -0.4 is 0 Å². The highest BCUT2D eigenvalue weighted by atomic mass is 16.1. The van der Waals surface area contributed by atoms with Gasteiger partial charge in [0.1, 0.15) is 6.29 Å². The summed E-state index contributed by atoms with van der Waals surface area (Å²) in [4.78, 5) is 22.2. The van der Waals surface area contributed by atoms with Gasteiger partial charge in [-0.25, -0.2) is 0 Å². The largest absolute Gasteiger partial charge is 0.304 e. The summed E-state index contributed by atoms with van der Waals surface area (Å²) in [7, 11) is 0. The van der Waals surface area contributed by atoms with Crippen LogP contribution in [0.2, 0.25) is 0 Å². The second-order valence-electron chi connectivity index (χ2n) is 16.1. The number of aryl methyl sites for hydroxylation is 3. The van der Waals surface area contributed by atoms with Crippen LogP contribution in [-0.2, 0) is 9.59 Å². The number of hydrogen-bond donors (Lipinski definition) is 0. The molecule has 0 N–H and O–H groups in total. The van der Waals surface area contributed by atoms with Crippen molar-refractivity contribution in [2.24, 2.45) is 11.8 Å². The fraction of sp³-hybridized carbons (Fsp3) is 0.623. The minimum absolute atomic E-state index is 0.208. The van der Waals surface area contributed by atoms with E-state index in [2.05, 4.69) is 131 Å². The Labute approximate surface area is 407 Å². The number of ketones is 1. The number of benzene rings is 1. The van der Waals surface area contributed by atoms with Crippen LogP contribution in [0.5, 0.6) is 0 Å². The molecular weight excluding hydrogens is 793 g/mol. The third-order valence-corrected chi connectivity index (χ3v) is 11.0. The molecule has 0 bridgehead atoms. The molecule has 0 aliphatic heterocycles. The zero-order valence-electron chi connectivity index (χ0n) is 47.1. The Morgan fingerprint density at radius 2 is 1.26 bits per heavy atom. The molecule has 374 valence electrons. The number of Topliss-reactive ketones (excluding diaryl/α,β-unsaturated/α-hetero) is 1. The van der Waals surface area contributed by atoms with E-state index < -0.39 is 0 Å². The normalized spacial score (nSPS) is 12.8. The smallest absolute Gasteiger partial charge is 0.155 e. The number of unbranched alkanes of at least 4 members (excludes halogenated alkanes) is 2. The van der Waals surface area contributed by atoms with E-state index in [0.29, 0.717) is 6.42 Å². The fourth-order valence-corrected chi connectivity index (χ4v) is 7.37. The number of allylic oxidation sites excluding steroid dienone is 11. The van der Waals surface area contributed by atoms with E-state index in [-0.39, 0.29) is 5.78 Å². The average molecular weight is 902 g/mol. The van der Waals surface area contributed by atoms with Crippen LogP contribution in [0, 0.1) is 43.9 Å². The Morgan fingerprint density at radius 3 is 1.55 bits per heavy atom. The number of rotatable bonds is 20. The summed E-state index contributed by atoms with van der Waals surface area (Å²) in [5.74, 6) is 2.05.